The van der Waals surface area contributed by atoms with E-state index < -0.39 is 11.6 Å². The van der Waals surface area contributed by atoms with Crippen LogP contribution in [0.15, 0.2) is 90.0 Å². The molecule has 0 bridgehead atoms. The molecular weight excluding hydrogens is 422 g/mol. The number of anilines is 1. The first-order chi connectivity index (χ1) is 16.0. The van der Waals surface area contributed by atoms with Crippen molar-refractivity contribution >= 4 is 5.82 Å². The summed E-state index contributed by atoms with van der Waals surface area (Å²) in [5, 5.41) is 0. The zero-order valence-electron chi connectivity index (χ0n) is 17.7. The van der Waals surface area contributed by atoms with Gasteiger partial charge in [0.2, 0.25) is 0 Å². The largest absolute Gasteiger partial charge is 0.354 e. The fourth-order valence-electron chi connectivity index (χ4n) is 4.35. The Labute approximate surface area is 189 Å². The molecule has 2 atom stereocenters. The van der Waals surface area contributed by atoms with Gasteiger partial charge in [0.15, 0.2) is 0 Å². The molecule has 1 aliphatic rings. The summed E-state index contributed by atoms with van der Waals surface area (Å²) in [6.45, 7) is 0.901. The molecule has 1 saturated heterocycles. The van der Waals surface area contributed by atoms with E-state index in [2.05, 4.69) is 4.98 Å². The second-order valence-electron chi connectivity index (χ2n) is 8.21. The SMILES string of the molecule is N[C@H]1CN(c2ccc(-n3ccc(-c4ccccc4)cc3=O)cn2)C[C@@H]1c1cc(F)ccc1F. The van der Waals surface area contributed by atoms with Gasteiger partial charge in [-0.1, -0.05) is 30.3 Å². The Kier molecular flexibility index (Phi) is 5.48. The van der Waals surface area contributed by atoms with Crippen LogP contribution in [-0.2, 0) is 0 Å². The standard InChI is InChI=1S/C26H22F2N4O/c27-19-6-8-23(28)21(13-19)22-15-31(16-24(22)29)25-9-7-20(14-30-25)32-11-10-18(12-26(32)33)17-4-2-1-3-5-17/h1-14,22,24H,15-16,29H2/t22-,24+/m1/s1. The van der Waals surface area contributed by atoms with Crippen molar-refractivity contribution in [3.05, 3.63) is 113 Å². The topological polar surface area (TPSA) is 64.2 Å². The average molecular weight is 444 g/mol. The summed E-state index contributed by atoms with van der Waals surface area (Å²) < 4.78 is 29.4. The van der Waals surface area contributed by atoms with Gasteiger partial charge < -0.3 is 10.6 Å². The highest BCUT2D eigenvalue weighted by Gasteiger charge is 2.33. The van der Waals surface area contributed by atoms with Crippen LogP contribution in [-0.4, -0.2) is 28.7 Å². The second kappa shape index (κ2) is 8.60. The molecule has 33 heavy (non-hydrogen) atoms. The molecule has 0 saturated carbocycles. The molecule has 5 rings (SSSR count). The Balaban J connectivity index is 1.36. The van der Waals surface area contributed by atoms with E-state index in [1.165, 1.54) is 10.6 Å². The molecule has 0 unspecified atom stereocenters. The summed E-state index contributed by atoms with van der Waals surface area (Å²) in [6, 6.07) is 19.9. The first-order valence-corrected chi connectivity index (χ1v) is 10.7. The summed E-state index contributed by atoms with van der Waals surface area (Å²) in [5.41, 5.74) is 8.85. The van der Waals surface area contributed by atoms with Crippen LogP contribution in [0, 0.1) is 11.6 Å². The molecule has 5 nitrogen and oxygen atoms in total. The van der Waals surface area contributed by atoms with E-state index in [0.29, 0.717) is 24.6 Å². The summed E-state index contributed by atoms with van der Waals surface area (Å²) in [5.74, 6) is -0.610. The Morgan fingerprint density at radius 1 is 0.909 bits per heavy atom. The van der Waals surface area contributed by atoms with Crippen molar-refractivity contribution in [1.29, 1.82) is 0 Å². The van der Waals surface area contributed by atoms with Crippen LogP contribution in [0.1, 0.15) is 11.5 Å². The molecule has 4 aromatic rings. The van der Waals surface area contributed by atoms with Crippen molar-refractivity contribution in [2.75, 3.05) is 18.0 Å². The van der Waals surface area contributed by atoms with Crippen LogP contribution in [0.2, 0.25) is 0 Å². The van der Waals surface area contributed by atoms with Gasteiger partial charge in [0, 0.05) is 37.3 Å². The fourth-order valence-corrected chi connectivity index (χ4v) is 4.35. The van der Waals surface area contributed by atoms with Crippen molar-refractivity contribution in [3.63, 3.8) is 0 Å². The lowest BCUT2D eigenvalue weighted by Gasteiger charge is -2.18. The van der Waals surface area contributed by atoms with E-state index in [1.807, 2.05) is 53.4 Å². The maximum atomic E-state index is 14.3. The number of hydrogen-bond donors (Lipinski definition) is 1. The maximum absolute atomic E-state index is 14.3. The molecule has 7 heteroatoms. The first kappa shape index (κ1) is 21.0. The van der Waals surface area contributed by atoms with Crippen LogP contribution in [0.5, 0.6) is 0 Å². The van der Waals surface area contributed by atoms with Crippen molar-refractivity contribution in [2.24, 2.45) is 5.73 Å². The van der Waals surface area contributed by atoms with Gasteiger partial charge in [-0.3, -0.25) is 9.36 Å². The molecule has 2 aromatic carbocycles. The number of halogens is 2. The third-order valence-electron chi connectivity index (χ3n) is 6.08. The minimum Gasteiger partial charge on any atom is -0.354 e. The van der Waals surface area contributed by atoms with Crippen molar-refractivity contribution in [3.8, 4) is 16.8 Å². The minimum absolute atomic E-state index is 0.157. The minimum atomic E-state index is -0.483. The number of nitrogens with zero attached hydrogens (tertiary/aromatic N) is 3. The molecule has 3 heterocycles. The molecule has 2 aromatic heterocycles. The number of nitrogens with two attached hydrogens (primary N) is 1. The average Bonchev–Trinajstić information content (AvgIpc) is 3.22. The van der Waals surface area contributed by atoms with Crippen molar-refractivity contribution in [2.45, 2.75) is 12.0 Å². The van der Waals surface area contributed by atoms with Gasteiger partial charge in [-0.25, -0.2) is 13.8 Å². The Morgan fingerprint density at radius 3 is 2.45 bits per heavy atom. The smallest absolute Gasteiger partial charge is 0.255 e. The van der Waals surface area contributed by atoms with E-state index in [9.17, 15) is 13.6 Å². The maximum Gasteiger partial charge on any atom is 0.255 e. The zero-order valence-corrected chi connectivity index (χ0v) is 17.7. The highest BCUT2D eigenvalue weighted by molar-refractivity contribution is 5.62. The molecule has 0 spiro atoms. The molecular formula is C26H22F2N4O. The number of hydrogen-bond acceptors (Lipinski definition) is 4. The van der Waals surface area contributed by atoms with Crippen LogP contribution in [0.3, 0.4) is 0 Å². The lowest BCUT2D eigenvalue weighted by atomic mass is 9.94. The molecule has 0 amide bonds. The number of rotatable bonds is 4. The van der Waals surface area contributed by atoms with E-state index in [-0.39, 0.29) is 23.1 Å². The summed E-state index contributed by atoms with van der Waals surface area (Å²) in [7, 11) is 0. The molecule has 1 fully saturated rings. The highest BCUT2D eigenvalue weighted by Crippen LogP contribution is 2.31. The number of aromatic nitrogens is 2. The van der Waals surface area contributed by atoms with E-state index >= 15 is 0 Å². The summed E-state index contributed by atoms with van der Waals surface area (Å²) in [6.07, 6.45) is 3.36. The first-order valence-electron chi connectivity index (χ1n) is 10.7. The van der Waals surface area contributed by atoms with E-state index in [1.54, 1.807) is 18.5 Å². The van der Waals surface area contributed by atoms with Gasteiger partial charge in [0.05, 0.1) is 11.9 Å². The lowest BCUT2D eigenvalue weighted by Crippen LogP contribution is -2.29. The van der Waals surface area contributed by atoms with E-state index in [4.69, 9.17) is 5.73 Å². The molecule has 0 aliphatic carbocycles. The lowest BCUT2D eigenvalue weighted by molar-refractivity contribution is 0.551. The Bertz CT molecular complexity index is 1340. The van der Waals surface area contributed by atoms with Crippen molar-refractivity contribution < 1.29 is 8.78 Å². The predicted molar refractivity (Wildman–Crippen MR) is 125 cm³/mol. The molecule has 166 valence electrons. The van der Waals surface area contributed by atoms with Crippen LogP contribution in [0.25, 0.3) is 16.8 Å². The predicted octanol–water partition coefficient (Wildman–Crippen LogP) is 4.11. The van der Waals surface area contributed by atoms with Gasteiger partial charge in [0.25, 0.3) is 5.56 Å². The molecule has 1 aliphatic heterocycles. The van der Waals surface area contributed by atoms with Crippen molar-refractivity contribution in [1.82, 2.24) is 9.55 Å². The normalized spacial score (nSPS) is 18.0. The monoisotopic (exact) mass is 444 g/mol. The molecule has 2 N–H and O–H groups in total. The number of pyridine rings is 2. The van der Waals surface area contributed by atoms with Gasteiger partial charge in [0.1, 0.15) is 17.5 Å². The summed E-state index contributed by atoms with van der Waals surface area (Å²) >= 11 is 0. The number of benzene rings is 2. The third kappa shape index (κ3) is 4.15. The fraction of sp³-hybridized carbons (Fsp3) is 0.154. The molecule has 0 radical (unpaired) electrons. The summed E-state index contributed by atoms with van der Waals surface area (Å²) in [4.78, 5) is 19.2. The van der Waals surface area contributed by atoms with Gasteiger partial charge in [-0.2, -0.15) is 0 Å². The second-order valence-corrected chi connectivity index (χ2v) is 8.21. The van der Waals surface area contributed by atoms with Crippen LogP contribution >= 0.6 is 0 Å². The van der Waals surface area contributed by atoms with Crippen LogP contribution in [0.4, 0.5) is 14.6 Å². The zero-order chi connectivity index (χ0) is 22.9. The highest BCUT2D eigenvalue weighted by atomic mass is 19.1. The van der Waals surface area contributed by atoms with Gasteiger partial charge in [-0.05, 0) is 53.1 Å². The Morgan fingerprint density at radius 2 is 1.73 bits per heavy atom. The quantitative estimate of drug-likeness (QED) is 0.515. The van der Waals surface area contributed by atoms with Gasteiger partial charge in [-0.15, -0.1) is 0 Å². The Hall–Kier alpha value is -3.84. The van der Waals surface area contributed by atoms with Gasteiger partial charge >= 0.3 is 0 Å². The third-order valence-corrected chi connectivity index (χ3v) is 6.08. The van der Waals surface area contributed by atoms with E-state index in [0.717, 1.165) is 23.3 Å². The van der Waals surface area contributed by atoms with Crippen LogP contribution < -0.4 is 16.2 Å².